The van der Waals surface area contributed by atoms with E-state index in [2.05, 4.69) is 15.0 Å². The molecule has 7 heteroatoms. The van der Waals surface area contributed by atoms with Gasteiger partial charge in [-0.1, -0.05) is 0 Å². The first-order valence-electron chi connectivity index (χ1n) is 4.86. The highest BCUT2D eigenvalue weighted by Crippen LogP contribution is 2.11. The maximum Gasteiger partial charge on any atom is 0.328 e. The molecule has 6 nitrogen and oxygen atoms in total. The van der Waals surface area contributed by atoms with Crippen molar-refractivity contribution in [2.45, 2.75) is 12.5 Å². The van der Waals surface area contributed by atoms with Crippen molar-refractivity contribution in [3.63, 3.8) is 0 Å². The number of carbonyl (C=O) groups excluding carboxylic acids is 2. The molecule has 0 aromatic carbocycles. The van der Waals surface area contributed by atoms with E-state index in [-0.39, 0.29) is 6.42 Å². The third kappa shape index (κ3) is 3.79. The Morgan fingerprint density at radius 1 is 1.65 bits per heavy atom. The summed E-state index contributed by atoms with van der Waals surface area (Å²) in [6.45, 7) is 0. The van der Waals surface area contributed by atoms with E-state index in [1.807, 2.05) is 0 Å². The van der Waals surface area contributed by atoms with E-state index in [1.54, 1.807) is 12.3 Å². The number of hydrogen-bond donors (Lipinski definition) is 2. The molecule has 1 unspecified atom stereocenters. The zero-order valence-corrected chi connectivity index (χ0v) is 9.34. The summed E-state index contributed by atoms with van der Waals surface area (Å²) in [7, 11) is 6.21. The average Bonchev–Trinajstić information content (AvgIpc) is 2.29. The van der Waals surface area contributed by atoms with Gasteiger partial charge in [-0.3, -0.25) is 9.78 Å². The fraction of sp³-hybridized carbons (Fsp3) is 0.300. The summed E-state index contributed by atoms with van der Waals surface area (Å²) >= 11 is 0. The van der Waals surface area contributed by atoms with Gasteiger partial charge in [-0.15, -0.1) is 0 Å². The van der Waals surface area contributed by atoms with Gasteiger partial charge in [-0.2, -0.15) is 0 Å². The Balaban J connectivity index is 2.82. The third-order valence-corrected chi connectivity index (χ3v) is 2.17. The summed E-state index contributed by atoms with van der Waals surface area (Å²) in [6, 6.07) is 0.802. The van der Waals surface area contributed by atoms with Crippen molar-refractivity contribution in [3.8, 4) is 0 Å². The van der Waals surface area contributed by atoms with Gasteiger partial charge in [0.2, 0.25) is 7.85 Å². The lowest BCUT2D eigenvalue weighted by molar-refractivity contribution is -0.142. The molecule has 0 fully saturated rings. The lowest BCUT2D eigenvalue weighted by Gasteiger charge is -2.16. The van der Waals surface area contributed by atoms with E-state index in [9.17, 15) is 9.59 Å². The minimum atomic E-state index is -0.859. The maximum atomic E-state index is 11.4. The number of hydrogen-bond acceptors (Lipinski definition) is 5. The Morgan fingerprint density at radius 3 is 2.88 bits per heavy atom. The molecule has 1 heterocycles. The molecule has 17 heavy (non-hydrogen) atoms. The highest BCUT2D eigenvalue weighted by atomic mass is 16.5. The van der Waals surface area contributed by atoms with Gasteiger partial charge in [-0.05, 0) is 11.6 Å². The van der Waals surface area contributed by atoms with Crippen LogP contribution < -0.4 is 11.1 Å². The molecular formula is C10H12BN3O3. The number of methoxy groups -OCH3 is 1. The first kappa shape index (κ1) is 13.0. The first-order valence-corrected chi connectivity index (χ1v) is 4.86. The van der Waals surface area contributed by atoms with Crippen molar-refractivity contribution in [3.05, 3.63) is 24.0 Å². The number of anilines is 1. The predicted octanol–water partition coefficient (Wildman–Crippen LogP) is -0.374. The Bertz CT molecular complexity index is 425. The molecule has 0 spiro atoms. The highest BCUT2D eigenvalue weighted by Gasteiger charge is 2.21. The second-order valence-electron chi connectivity index (χ2n) is 3.36. The molecule has 1 aromatic heterocycles. The van der Waals surface area contributed by atoms with Crippen molar-refractivity contribution in [1.29, 1.82) is 0 Å². The molecule has 1 atom stereocenters. The van der Waals surface area contributed by atoms with Crippen molar-refractivity contribution in [1.82, 2.24) is 10.3 Å². The van der Waals surface area contributed by atoms with Crippen LogP contribution in [0.2, 0.25) is 0 Å². The average molecular weight is 233 g/mol. The molecule has 0 saturated heterocycles. The topological polar surface area (TPSA) is 94.3 Å². The van der Waals surface area contributed by atoms with Crippen molar-refractivity contribution >= 4 is 25.3 Å². The molecule has 3 N–H and O–H groups in total. The second kappa shape index (κ2) is 5.88. The van der Waals surface area contributed by atoms with E-state index in [4.69, 9.17) is 13.6 Å². The lowest BCUT2D eigenvalue weighted by atomic mass is 10.0. The van der Waals surface area contributed by atoms with E-state index in [0.29, 0.717) is 11.3 Å². The molecule has 0 aliphatic carbocycles. The molecule has 0 aliphatic rings. The summed E-state index contributed by atoms with van der Waals surface area (Å²) in [5.41, 5.74) is 6.80. The smallest absolute Gasteiger partial charge is 0.328 e. The molecule has 2 radical (unpaired) electrons. The molecule has 1 amide bonds. The van der Waals surface area contributed by atoms with Gasteiger partial charge in [-0.25, -0.2) is 4.79 Å². The molecule has 0 bridgehead atoms. The van der Waals surface area contributed by atoms with E-state index in [0.717, 1.165) is 0 Å². The SMILES string of the molecule is [B]C(=O)NC(Cc1ccncc1N)C(=O)OC. The number of pyridine rings is 1. The summed E-state index contributed by atoms with van der Waals surface area (Å²) in [6.07, 6.45) is 3.21. The number of rotatable bonds is 4. The van der Waals surface area contributed by atoms with Crippen molar-refractivity contribution in [2.24, 2.45) is 0 Å². The number of nitrogens with zero attached hydrogens (tertiary/aromatic N) is 1. The van der Waals surface area contributed by atoms with Crippen LogP contribution in [0.25, 0.3) is 0 Å². The summed E-state index contributed by atoms with van der Waals surface area (Å²) in [4.78, 5) is 26.0. The summed E-state index contributed by atoms with van der Waals surface area (Å²) in [5.74, 6) is -1.38. The van der Waals surface area contributed by atoms with Gasteiger partial charge < -0.3 is 15.8 Å². The standard InChI is InChI=1S/C10H12BN3O3/c1-17-9(15)8(14-10(11)16)4-6-2-3-13-5-7(6)12/h2-3,5,8H,4,12H2,1H3,(H,14,16). The number of nitrogen functional groups attached to an aromatic ring is 1. The van der Waals surface area contributed by atoms with Gasteiger partial charge in [0.1, 0.15) is 6.04 Å². The molecule has 1 rings (SSSR count). The van der Waals surface area contributed by atoms with Gasteiger partial charge >= 0.3 is 5.97 Å². The first-order chi connectivity index (χ1) is 8.04. The van der Waals surface area contributed by atoms with Crippen LogP contribution in [0.1, 0.15) is 5.56 Å². The van der Waals surface area contributed by atoms with E-state index < -0.39 is 17.8 Å². The Hall–Kier alpha value is -2.05. The van der Waals surface area contributed by atoms with Gasteiger partial charge in [0.05, 0.1) is 19.0 Å². The Labute approximate surface area is 100.0 Å². The largest absolute Gasteiger partial charge is 0.467 e. The predicted molar refractivity (Wildman–Crippen MR) is 62.4 cm³/mol. The molecule has 0 saturated carbocycles. The number of amides is 1. The highest BCUT2D eigenvalue weighted by molar-refractivity contribution is 6.57. The number of nitrogens with two attached hydrogens (primary N) is 1. The summed E-state index contributed by atoms with van der Waals surface area (Å²) in [5, 5.41) is 2.29. The van der Waals surface area contributed by atoms with E-state index >= 15 is 0 Å². The third-order valence-electron chi connectivity index (χ3n) is 2.17. The van der Waals surface area contributed by atoms with Crippen LogP contribution in [0.5, 0.6) is 0 Å². The van der Waals surface area contributed by atoms with Crippen LogP contribution >= 0.6 is 0 Å². The number of carbonyl (C=O) groups is 2. The normalized spacial score (nSPS) is 11.6. The van der Waals surface area contributed by atoms with Crippen molar-refractivity contribution < 1.29 is 14.3 Å². The monoisotopic (exact) mass is 233 g/mol. The maximum absolute atomic E-state index is 11.4. The number of esters is 1. The molecule has 1 aromatic rings. The zero-order valence-electron chi connectivity index (χ0n) is 9.34. The summed E-state index contributed by atoms with van der Waals surface area (Å²) < 4.78 is 4.56. The number of ether oxygens (including phenoxy) is 1. The second-order valence-corrected chi connectivity index (χ2v) is 3.36. The Morgan fingerprint density at radius 2 is 2.35 bits per heavy atom. The minimum absolute atomic E-state index is 0.198. The fourth-order valence-electron chi connectivity index (χ4n) is 1.35. The van der Waals surface area contributed by atoms with Gasteiger partial charge in [0, 0.05) is 12.6 Å². The van der Waals surface area contributed by atoms with Crippen LogP contribution in [-0.2, 0) is 16.0 Å². The number of nitrogens with one attached hydrogen (secondary N) is 1. The molecule has 0 aliphatic heterocycles. The van der Waals surface area contributed by atoms with Gasteiger partial charge in [0.25, 0.3) is 0 Å². The van der Waals surface area contributed by atoms with Crippen LogP contribution in [0.4, 0.5) is 10.5 Å². The minimum Gasteiger partial charge on any atom is -0.467 e. The van der Waals surface area contributed by atoms with Crippen LogP contribution in [0.3, 0.4) is 0 Å². The van der Waals surface area contributed by atoms with E-state index in [1.165, 1.54) is 13.3 Å². The van der Waals surface area contributed by atoms with Crippen LogP contribution in [-0.4, -0.2) is 37.8 Å². The molecule has 88 valence electrons. The van der Waals surface area contributed by atoms with Crippen LogP contribution in [0, 0.1) is 0 Å². The Kier molecular flexibility index (Phi) is 4.51. The quantitative estimate of drug-likeness (QED) is 0.546. The zero-order chi connectivity index (χ0) is 12.8. The van der Waals surface area contributed by atoms with Crippen LogP contribution in [0.15, 0.2) is 18.5 Å². The number of aromatic nitrogens is 1. The fourth-order valence-corrected chi connectivity index (χ4v) is 1.35. The van der Waals surface area contributed by atoms with Crippen molar-refractivity contribution in [2.75, 3.05) is 12.8 Å². The molecular weight excluding hydrogens is 221 g/mol. The van der Waals surface area contributed by atoms with Gasteiger partial charge in [0.15, 0.2) is 5.81 Å². The lowest BCUT2D eigenvalue weighted by Crippen LogP contribution is -2.42.